The number of carboxylic acids is 1. The van der Waals surface area contributed by atoms with Crippen molar-refractivity contribution in [3.8, 4) is 0 Å². The summed E-state index contributed by atoms with van der Waals surface area (Å²) in [6, 6.07) is 1.62. The van der Waals surface area contributed by atoms with Gasteiger partial charge in [-0.2, -0.15) is 0 Å². The molecule has 0 atom stereocenters. The van der Waals surface area contributed by atoms with Crippen LogP contribution in [-0.4, -0.2) is 39.6 Å². The van der Waals surface area contributed by atoms with Gasteiger partial charge in [-0.15, -0.1) is 0 Å². The largest absolute Gasteiger partial charge is 0.480 e. The highest BCUT2D eigenvalue weighted by atomic mass is 16.5. The summed E-state index contributed by atoms with van der Waals surface area (Å²) in [4.78, 5) is 24.4. The van der Waals surface area contributed by atoms with Gasteiger partial charge >= 0.3 is 5.97 Å². The number of carboxylic acid groups (broad SMARTS) is 1. The van der Waals surface area contributed by atoms with E-state index in [-0.39, 0.29) is 29.6 Å². The summed E-state index contributed by atoms with van der Waals surface area (Å²) in [6.07, 6.45) is 1.70. The molecular weight excluding hydrogens is 248 g/mol. The molecule has 0 aromatic carbocycles. The summed E-state index contributed by atoms with van der Waals surface area (Å²) in [5, 5.41) is 12.6. The Balaban J connectivity index is 2.17. The smallest absolute Gasteiger partial charge is 0.323 e. The molecule has 6 nitrogen and oxygen atoms in total. The van der Waals surface area contributed by atoms with Crippen LogP contribution in [0.25, 0.3) is 0 Å². The Morgan fingerprint density at radius 2 is 2.11 bits per heavy atom. The first kappa shape index (κ1) is 13.6. The van der Waals surface area contributed by atoms with E-state index in [9.17, 15) is 9.59 Å². The minimum absolute atomic E-state index is 0.0263. The van der Waals surface area contributed by atoms with Crippen LogP contribution in [0.2, 0.25) is 0 Å². The first-order chi connectivity index (χ1) is 8.79. The number of amides is 1. The number of carbonyl (C=O) groups excluding carboxylic acids is 1. The second-order valence-corrected chi connectivity index (χ2v) is 5.88. The number of hydrogen-bond acceptors (Lipinski definition) is 4. The summed E-state index contributed by atoms with van der Waals surface area (Å²) in [5.74, 6) is -0.772. The lowest BCUT2D eigenvalue weighted by Gasteiger charge is -2.18. The van der Waals surface area contributed by atoms with Crippen molar-refractivity contribution in [2.45, 2.75) is 45.1 Å². The highest BCUT2D eigenvalue weighted by Gasteiger charge is 2.36. The highest BCUT2D eigenvalue weighted by Crippen LogP contribution is 2.29. The molecule has 6 heteroatoms. The van der Waals surface area contributed by atoms with E-state index >= 15 is 0 Å². The number of hydrogen-bond donors (Lipinski definition) is 1. The van der Waals surface area contributed by atoms with Crippen molar-refractivity contribution in [1.29, 1.82) is 0 Å². The SMILES string of the molecule is CC(C)(C)c1cc(C(=O)N(CC(=O)O)C2CC2)no1. The maximum atomic E-state index is 12.2. The van der Waals surface area contributed by atoms with E-state index in [1.165, 1.54) is 4.90 Å². The summed E-state index contributed by atoms with van der Waals surface area (Å²) in [7, 11) is 0. The Hall–Kier alpha value is -1.85. The number of rotatable bonds is 4. The van der Waals surface area contributed by atoms with Crippen molar-refractivity contribution >= 4 is 11.9 Å². The minimum atomic E-state index is -1.01. The van der Waals surface area contributed by atoms with Gasteiger partial charge in [-0.1, -0.05) is 25.9 Å². The van der Waals surface area contributed by atoms with Gasteiger partial charge in [-0.05, 0) is 12.8 Å². The predicted octanol–water partition coefficient (Wildman–Crippen LogP) is 1.66. The molecule has 1 aromatic rings. The van der Waals surface area contributed by atoms with Gasteiger partial charge in [0.05, 0.1) is 0 Å². The van der Waals surface area contributed by atoms with Gasteiger partial charge in [0.25, 0.3) is 5.91 Å². The second kappa shape index (κ2) is 4.68. The van der Waals surface area contributed by atoms with Gasteiger partial charge < -0.3 is 14.5 Å². The van der Waals surface area contributed by atoms with Crippen molar-refractivity contribution < 1.29 is 19.2 Å². The van der Waals surface area contributed by atoms with Crippen LogP contribution in [-0.2, 0) is 10.2 Å². The molecule has 1 saturated carbocycles. The Labute approximate surface area is 111 Å². The lowest BCUT2D eigenvalue weighted by molar-refractivity contribution is -0.137. The molecule has 0 spiro atoms. The van der Waals surface area contributed by atoms with Crippen LogP contribution < -0.4 is 0 Å². The van der Waals surface area contributed by atoms with Gasteiger partial charge in [0.1, 0.15) is 12.3 Å². The van der Waals surface area contributed by atoms with E-state index in [0.29, 0.717) is 5.76 Å². The molecule has 0 bridgehead atoms. The molecule has 1 heterocycles. The molecule has 0 radical (unpaired) electrons. The lowest BCUT2D eigenvalue weighted by atomic mass is 9.93. The monoisotopic (exact) mass is 266 g/mol. The second-order valence-electron chi connectivity index (χ2n) is 5.88. The first-order valence-corrected chi connectivity index (χ1v) is 6.29. The van der Waals surface area contributed by atoms with Crippen molar-refractivity contribution in [2.24, 2.45) is 0 Å². The van der Waals surface area contributed by atoms with Gasteiger partial charge in [-0.3, -0.25) is 9.59 Å². The molecule has 1 N–H and O–H groups in total. The fraction of sp³-hybridized carbons (Fsp3) is 0.615. The molecular formula is C13H18N2O4. The molecule has 2 rings (SSSR count). The van der Waals surface area contributed by atoms with Crippen LogP contribution in [0.5, 0.6) is 0 Å². The number of aliphatic carboxylic acids is 1. The van der Waals surface area contributed by atoms with Gasteiger partial charge in [0.15, 0.2) is 5.69 Å². The maximum Gasteiger partial charge on any atom is 0.323 e. The van der Waals surface area contributed by atoms with Crippen LogP contribution in [0.1, 0.15) is 49.9 Å². The van der Waals surface area contributed by atoms with Crippen molar-refractivity contribution in [3.63, 3.8) is 0 Å². The zero-order chi connectivity index (χ0) is 14.2. The van der Waals surface area contributed by atoms with Crippen LogP contribution in [0, 0.1) is 0 Å². The van der Waals surface area contributed by atoms with Gasteiger partial charge in [-0.25, -0.2) is 0 Å². The highest BCUT2D eigenvalue weighted by molar-refractivity contribution is 5.94. The zero-order valence-corrected chi connectivity index (χ0v) is 11.3. The Morgan fingerprint density at radius 1 is 1.47 bits per heavy atom. The van der Waals surface area contributed by atoms with E-state index in [1.54, 1.807) is 6.07 Å². The van der Waals surface area contributed by atoms with E-state index < -0.39 is 5.97 Å². The summed E-state index contributed by atoms with van der Waals surface area (Å²) in [6.45, 7) is 5.58. The summed E-state index contributed by atoms with van der Waals surface area (Å²) < 4.78 is 5.16. The number of aromatic nitrogens is 1. The Morgan fingerprint density at radius 3 is 2.53 bits per heavy atom. The average molecular weight is 266 g/mol. The quantitative estimate of drug-likeness (QED) is 0.896. The molecule has 104 valence electrons. The summed E-state index contributed by atoms with van der Waals surface area (Å²) >= 11 is 0. The molecule has 0 unspecified atom stereocenters. The molecule has 1 amide bonds. The fourth-order valence-electron chi connectivity index (χ4n) is 1.78. The molecule has 19 heavy (non-hydrogen) atoms. The van der Waals surface area contributed by atoms with E-state index in [0.717, 1.165) is 12.8 Å². The molecule has 1 aromatic heterocycles. The van der Waals surface area contributed by atoms with Crippen LogP contribution in [0.4, 0.5) is 0 Å². The number of nitrogens with zero attached hydrogens (tertiary/aromatic N) is 2. The van der Waals surface area contributed by atoms with Crippen LogP contribution in [0.3, 0.4) is 0 Å². The predicted molar refractivity (Wildman–Crippen MR) is 66.9 cm³/mol. The van der Waals surface area contributed by atoms with E-state index in [2.05, 4.69) is 5.16 Å². The Bertz CT molecular complexity index is 497. The molecule has 1 fully saturated rings. The third-order valence-electron chi connectivity index (χ3n) is 3.02. The normalized spacial score (nSPS) is 15.3. The van der Waals surface area contributed by atoms with E-state index in [1.807, 2.05) is 20.8 Å². The molecule has 1 aliphatic rings. The third kappa shape index (κ3) is 3.13. The average Bonchev–Trinajstić information content (AvgIpc) is 2.99. The maximum absolute atomic E-state index is 12.2. The summed E-state index contributed by atoms with van der Waals surface area (Å²) in [5.41, 5.74) is -0.0546. The Kier molecular flexibility index (Phi) is 3.34. The molecule has 0 saturated heterocycles. The zero-order valence-electron chi connectivity index (χ0n) is 11.3. The number of carbonyl (C=O) groups is 2. The standard InChI is InChI=1S/C13H18N2O4/c1-13(2,3)10-6-9(14-19-10)12(18)15(7-11(16)17)8-4-5-8/h6,8H,4-5,7H2,1-3H3,(H,16,17). The van der Waals surface area contributed by atoms with Crippen molar-refractivity contribution in [2.75, 3.05) is 6.54 Å². The van der Waals surface area contributed by atoms with Crippen LogP contribution >= 0.6 is 0 Å². The fourth-order valence-corrected chi connectivity index (χ4v) is 1.78. The van der Waals surface area contributed by atoms with E-state index in [4.69, 9.17) is 9.63 Å². The topological polar surface area (TPSA) is 83.6 Å². The van der Waals surface area contributed by atoms with Gasteiger partial charge in [0.2, 0.25) is 0 Å². The lowest BCUT2D eigenvalue weighted by Crippen LogP contribution is -2.37. The molecule has 0 aliphatic heterocycles. The molecule has 1 aliphatic carbocycles. The van der Waals surface area contributed by atoms with Crippen molar-refractivity contribution in [3.05, 3.63) is 17.5 Å². The van der Waals surface area contributed by atoms with Crippen molar-refractivity contribution in [1.82, 2.24) is 10.1 Å². The van der Waals surface area contributed by atoms with Gasteiger partial charge in [0, 0.05) is 17.5 Å². The minimum Gasteiger partial charge on any atom is -0.480 e. The third-order valence-corrected chi connectivity index (χ3v) is 3.02. The first-order valence-electron chi connectivity index (χ1n) is 6.29. The van der Waals surface area contributed by atoms with Crippen LogP contribution in [0.15, 0.2) is 10.6 Å².